The van der Waals surface area contributed by atoms with Gasteiger partial charge in [-0.2, -0.15) is 0 Å². The zero-order chi connectivity index (χ0) is 22.4. The first kappa shape index (κ1) is 20.6. The molecule has 9 heteroatoms. The maximum atomic E-state index is 15.2. The molecule has 2 N–H and O–H groups in total. The van der Waals surface area contributed by atoms with Crippen molar-refractivity contribution >= 4 is 22.6 Å². The number of anilines is 1. The summed E-state index contributed by atoms with van der Waals surface area (Å²) in [5.74, 6) is -0.604. The van der Waals surface area contributed by atoms with Crippen LogP contribution in [0.1, 0.15) is 35.0 Å². The number of pyridine rings is 3. The first-order valence-corrected chi connectivity index (χ1v) is 10.9. The van der Waals surface area contributed by atoms with Crippen LogP contribution < -0.4 is 15.8 Å². The molecule has 8 nitrogen and oxygen atoms in total. The minimum absolute atomic E-state index is 0.179. The molecule has 3 aromatic rings. The lowest BCUT2D eigenvalue weighted by Crippen LogP contribution is -2.46. The lowest BCUT2D eigenvalue weighted by molar-refractivity contribution is 0.0958. The number of fused-ring (bicyclic) bond motifs is 2. The van der Waals surface area contributed by atoms with E-state index in [4.69, 9.17) is 0 Å². The first-order chi connectivity index (χ1) is 15.5. The summed E-state index contributed by atoms with van der Waals surface area (Å²) in [6.45, 7) is 3.91. The zero-order valence-electron chi connectivity index (χ0n) is 18.1. The Bertz CT molecular complexity index is 1240. The highest BCUT2D eigenvalue weighted by atomic mass is 19.1. The zero-order valence-corrected chi connectivity index (χ0v) is 18.1. The Labute approximate surface area is 184 Å². The predicted molar refractivity (Wildman–Crippen MR) is 119 cm³/mol. The molecule has 0 aromatic carbocycles. The second-order valence-corrected chi connectivity index (χ2v) is 8.35. The quantitative estimate of drug-likeness (QED) is 0.634. The number of carbonyl (C=O) groups is 1. The van der Waals surface area contributed by atoms with Gasteiger partial charge in [0.2, 0.25) is 0 Å². The summed E-state index contributed by atoms with van der Waals surface area (Å²) >= 11 is 0. The van der Waals surface area contributed by atoms with E-state index in [1.165, 1.54) is 0 Å². The van der Waals surface area contributed by atoms with Crippen LogP contribution in [0.3, 0.4) is 0 Å². The molecule has 1 saturated heterocycles. The van der Waals surface area contributed by atoms with Gasteiger partial charge in [-0.3, -0.25) is 19.5 Å². The molecule has 2 aliphatic rings. The average molecular weight is 436 g/mol. The third kappa shape index (κ3) is 3.52. The van der Waals surface area contributed by atoms with Crippen LogP contribution in [0.2, 0.25) is 0 Å². The van der Waals surface area contributed by atoms with E-state index < -0.39 is 5.82 Å². The van der Waals surface area contributed by atoms with Crippen LogP contribution >= 0.6 is 0 Å². The Balaban J connectivity index is 1.31. The van der Waals surface area contributed by atoms with Gasteiger partial charge in [0.15, 0.2) is 5.82 Å². The summed E-state index contributed by atoms with van der Waals surface area (Å²) in [7, 11) is 1.58. The largest absolute Gasteiger partial charge is 0.364 e. The molecule has 1 amide bonds. The van der Waals surface area contributed by atoms with Gasteiger partial charge >= 0.3 is 0 Å². The number of hydrogen-bond acceptors (Lipinski definition) is 6. The minimum Gasteiger partial charge on any atom is -0.364 e. The van der Waals surface area contributed by atoms with Gasteiger partial charge in [-0.15, -0.1) is 0 Å². The smallest absolute Gasteiger partial charge is 0.269 e. The Morgan fingerprint density at radius 2 is 2.06 bits per heavy atom. The fourth-order valence-corrected chi connectivity index (χ4v) is 4.59. The molecule has 0 spiro atoms. The maximum Gasteiger partial charge on any atom is 0.269 e. The van der Waals surface area contributed by atoms with Crippen molar-refractivity contribution in [1.29, 1.82) is 0 Å². The van der Waals surface area contributed by atoms with Crippen LogP contribution in [-0.4, -0.2) is 58.0 Å². The predicted octanol–water partition coefficient (Wildman–Crippen LogP) is 1.84. The molecule has 1 saturated carbocycles. The van der Waals surface area contributed by atoms with Crippen molar-refractivity contribution in [3.8, 4) is 0 Å². The number of nitrogens with one attached hydrogen (secondary N) is 2. The number of halogens is 1. The number of amides is 1. The van der Waals surface area contributed by atoms with Crippen molar-refractivity contribution in [2.75, 3.05) is 25.0 Å². The number of carbonyl (C=O) groups excluding carboxylic acids is 1. The molecule has 166 valence electrons. The van der Waals surface area contributed by atoms with Gasteiger partial charge in [0.25, 0.3) is 11.5 Å². The van der Waals surface area contributed by atoms with Crippen molar-refractivity contribution in [3.63, 3.8) is 0 Å². The highest BCUT2D eigenvalue weighted by Gasteiger charge is 2.49. The third-order valence-electron chi connectivity index (χ3n) is 6.47. The maximum absolute atomic E-state index is 15.2. The Morgan fingerprint density at radius 1 is 1.22 bits per heavy atom. The average Bonchev–Trinajstić information content (AvgIpc) is 3.62. The molecule has 3 aromatic heterocycles. The van der Waals surface area contributed by atoms with Crippen molar-refractivity contribution in [3.05, 3.63) is 63.6 Å². The molecule has 4 heterocycles. The summed E-state index contributed by atoms with van der Waals surface area (Å²) in [5.41, 5.74) is 2.88. The van der Waals surface area contributed by atoms with Crippen LogP contribution in [-0.2, 0) is 13.0 Å². The Hall–Kier alpha value is -3.33. The molecule has 2 atom stereocenters. The number of piperazine rings is 1. The van der Waals surface area contributed by atoms with E-state index in [1.807, 2.05) is 13.0 Å². The molecule has 0 unspecified atom stereocenters. The molecule has 0 radical (unpaired) electrons. The molecule has 0 bridgehead atoms. The van der Waals surface area contributed by atoms with E-state index in [0.29, 0.717) is 47.4 Å². The van der Waals surface area contributed by atoms with E-state index in [9.17, 15) is 9.59 Å². The standard InChI is InChI=1S/C23H25FN6O2/c1-3-13-8-17-21(28-22(13)31)20(24)14(10-26-17)12-29-6-7-30(19-9-18(19)29)15-4-5-16(27-11-15)23(32)25-2/h4-5,8,10-11,18-19H,3,6-7,9,12H2,1-2H3,(H,25,32)(H,28,31)/t18-,19+/m1/s1. The Kier molecular flexibility index (Phi) is 5.13. The van der Waals surface area contributed by atoms with Gasteiger partial charge < -0.3 is 15.2 Å². The van der Waals surface area contributed by atoms with Gasteiger partial charge in [-0.05, 0) is 31.0 Å². The fourth-order valence-electron chi connectivity index (χ4n) is 4.59. The molecule has 1 aliphatic carbocycles. The van der Waals surface area contributed by atoms with E-state index in [1.54, 1.807) is 31.6 Å². The molecule has 2 fully saturated rings. The minimum atomic E-state index is -0.400. The summed E-state index contributed by atoms with van der Waals surface area (Å²) < 4.78 is 15.2. The van der Waals surface area contributed by atoms with E-state index >= 15 is 4.39 Å². The monoisotopic (exact) mass is 436 g/mol. The summed E-state index contributed by atoms with van der Waals surface area (Å²) in [5, 5.41) is 2.57. The summed E-state index contributed by atoms with van der Waals surface area (Å²) in [6, 6.07) is 6.01. The highest BCUT2D eigenvalue weighted by molar-refractivity contribution is 5.92. The molecular formula is C23H25FN6O2. The third-order valence-corrected chi connectivity index (χ3v) is 6.47. The lowest BCUT2D eigenvalue weighted by Gasteiger charge is -2.35. The van der Waals surface area contributed by atoms with Gasteiger partial charge in [0.1, 0.15) is 11.2 Å². The number of aromatic nitrogens is 3. The number of rotatable bonds is 5. The highest BCUT2D eigenvalue weighted by Crippen LogP contribution is 2.40. The first-order valence-electron chi connectivity index (χ1n) is 10.9. The Morgan fingerprint density at radius 3 is 2.78 bits per heavy atom. The van der Waals surface area contributed by atoms with Crippen molar-refractivity contribution in [2.45, 2.75) is 38.4 Å². The van der Waals surface area contributed by atoms with Crippen LogP contribution in [0.4, 0.5) is 10.1 Å². The SMILES string of the molecule is CCc1cc2ncc(CN3CCN(c4ccc(C(=O)NC)nc4)[C@H]4C[C@H]43)c(F)c2[nH]c1=O. The van der Waals surface area contributed by atoms with Crippen molar-refractivity contribution < 1.29 is 9.18 Å². The lowest BCUT2D eigenvalue weighted by atomic mass is 10.1. The van der Waals surface area contributed by atoms with Gasteiger partial charge in [0.05, 0.1) is 17.4 Å². The fraction of sp³-hybridized carbons (Fsp3) is 0.391. The number of hydrogen-bond donors (Lipinski definition) is 2. The van der Waals surface area contributed by atoms with Crippen molar-refractivity contribution in [1.82, 2.24) is 25.2 Å². The number of nitrogens with zero attached hydrogens (tertiary/aromatic N) is 4. The van der Waals surface area contributed by atoms with Crippen LogP contribution in [0, 0.1) is 5.82 Å². The molecule has 1 aliphatic heterocycles. The topological polar surface area (TPSA) is 94.2 Å². The van der Waals surface area contributed by atoms with Gasteiger partial charge in [-0.1, -0.05) is 6.92 Å². The molecular weight excluding hydrogens is 411 g/mol. The van der Waals surface area contributed by atoms with E-state index in [-0.39, 0.29) is 17.0 Å². The second-order valence-electron chi connectivity index (χ2n) is 8.35. The second kappa shape index (κ2) is 7.98. The van der Waals surface area contributed by atoms with Crippen LogP contribution in [0.15, 0.2) is 35.4 Å². The van der Waals surface area contributed by atoms with E-state index in [2.05, 4.69) is 30.1 Å². The number of H-pyrrole nitrogens is 1. The van der Waals surface area contributed by atoms with Crippen LogP contribution in [0.25, 0.3) is 11.0 Å². The number of aromatic amines is 1. The van der Waals surface area contributed by atoms with Gasteiger partial charge in [-0.25, -0.2) is 9.37 Å². The van der Waals surface area contributed by atoms with E-state index in [0.717, 1.165) is 25.2 Å². The van der Waals surface area contributed by atoms with Crippen LogP contribution in [0.5, 0.6) is 0 Å². The van der Waals surface area contributed by atoms with Crippen molar-refractivity contribution in [2.24, 2.45) is 0 Å². The molecule has 32 heavy (non-hydrogen) atoms. The van der Waals surface area contributed by atoms with Gasteiger partial charge in [0, 0.05) is 56.1 Å². The normalized spacial score (nSPS) is 20.3. The summed E-state index contributed by atoms with van der Waals surface area (Å²) in [4.78, 5) is 39.7. The summed E-state index contributed by atoms with van der Waals surface area (Å²) in [6.07, 6.45) is 4.90. The number of aryl methyl sites for hydroxylation is 1. The molecule has 5 rings (SSSR count).